The van der Waals surface area contributed by atoms with E-state index in [2.05, 4.69) is 5.32 Å². The van der Waals surface area contributed by atoms with E-state index in [1.807, 2.05) is 13.8 Å². The molecule has 5 aliphatic carbocycles. The van der Waals surface area contributed by atoms with Gasteiger partial charge in [-0.25, -0.2) is 9.18 Å². The predicted octanol–water partition coefficient (Wildman–Crippen LogP) is 6.39. The smallest absolute Gasteiger partial charge is 0.329 e. The fourth-order valence-electron chi connectivity index (χ4n) is 7.36. The molecule has 0 spiro atoms. The van der Waals surface area contributed by atoms with Gasteiger partial charge >= 0.3 is 5.97 Å². The van der Waals surface area contributed by atoms with Crippen LogP contribution in [-0.2, 0) is 9.53 Å². The van der Waals surface area contributed by atoms with E-state index in [9.17, 15) is 9.59 Å². The summed E-state index contributed by atoms with van der Waals surface area (Å²) in [6, 6.07) is 2.21. The molecule has 0 heterocycles. The van der Waals surface area contributed by atoms with Crippen LogP contribution in [0.25, 0.3) is 0 Å². The van der Waals surface area contributed by atoms with E-state index in [4.69, 9.17) is 9.47 Å². The quantitative estimate of drug-likeness (QED) is 0.421. The topological polar surface area (TPSA) is 64.6 Å². The Morgan fingerprint density at radius 1 is 1.06 bits per heavy atom. The SMILES string of the molecule is CC(C)[C@H](NC(=O)c1cc(C2CC2)c(OCC23CC4CC(CC(C4)C2)C3)cc1F)C(=O)OC(C)(C)C. The van der Waals surface area contributed by atoms with E-state index in [-0.39, 0.29) is 16.9 Å². The predicted molar refractivity (Wildman–Crippen MR) is 136 cm³/mol. The fraction of sp³-hybridized carbons (Fsp3) is 0.733. The molecule has 198 valence electrons. The zero-order valence-corrected chi connectivity index (χ0v) is 22.5. The first kappa shape index (κ1) is 25.5. The van der Waals surface area contributed by atoms with Gasteiger partial charge < -0.3 is 14.8 Å². The van der Waals surface area contributed by atoms with Gasteiger partial charge in [0.25, 0.3) is 5.91 Å². The zero-order chi connectivity index (χ0) is 25.8. The van der Waals surface area contributed by atoms with Crippen molar-refractivity contribution >= 4 is 11.9 Å². The summed E-state index contributed by atoms with van der Waals surface area (Å²) in [4.78, 5) is 25.8. The van der Waals surface area contributed by atoms with E-state index in [1.165, 1.54) is 44.6 Å². The van der Waals surface area contributed by atoms with Crippen LogP contribution in [0.1, 0.15) is 108 Å². The minimum atomic E-state index is -0.854. The second kappa shape index (κ2) is 9.33. The number of amides is 1. The molecule has 0 saturated heterocycles. The highest BCUT2D eigenvalue weighted by atomic mass is 19.1. The van der Waals surface area contributed by atoms with E-state index in [0.29, 0.717) is 18.3 Å². The van der Waals surface area contributed by atoms with Gasteiger partial charge in [-0.3, -0.25) is 4.79 Å². The van der Waals surface area contributed by atoms with Gasteiger partial charge in [0.05, 0.1) is 12.2 Å². The third-order valence-corrected chi connectivity index (χ3v) is 8.67. The lowest BCUT2D eigenvalue weighted by Gasteiger charge is -2.56. The minimum absolute atomic E-state index is 0.0340. The fourth-order valence-corrected chi connectivity index (χ4v) is 7.36. The molecule has 36 heavy (non-hydrogen) atoms. The Kier molecular flexibility index (Phi) is 6.61. The Morgan fingerprint density at radius 2 is 1.64 bits per heavy atom. The van der Waals surface area contributed by atoms with Crippen molar-refractivity contribution in [3.8, 4) is 5.75 Å². The van der Waals surface area contributed by atoms with E-state index in [1.54, 1.807) is 26.8 Å². The summed E-state index contributed by atoms with van der Waals surface area (Å²) in [5.74, 6) is 1.50. The molecular formula is C30H42FNO4. The normalized spacial score (nSPS) is 29.8. The second-order valence-corrected chi connectivity index (χ2v) is 13.6. The molecule has 1 aromatic rings. The van der Waals surface area contributed by atoms with Crippen molar-refractivity contribution in [2.45, 2.75) is 104 Å². The van der Waals surface area contributed by atoms with Crippen LogP contribution in [0.15, 0.2) is 12.1 Å². The van der Waals surface area contributed by atoms with Gasteiger partial charge in [-0.2, -0.15) is 0 Å². The molecule has 5 nitrogen and oxygen atoms in total. The molecule has 0 unspecified atom stereocenters. The average Bonchev–Trinajstić information content (AvgIpc) is 3.59. The first-order valence-corrected chi connectivity index (χ1v) is 13.9. The lowest BCUT2D eigenvalue weighted by molar-refractivity contribution is -0.158. The Balaban J connectivity index is 1.32. The average molecular weight is 500 g/mol. The highest BCUT2D eigenvalue weighted by Gasteiger charge is 2.51. The number of ether oxygens (including phenoxy) is 2. The maximum absolute atomic E-state index is 15.3. The summed E-state index contributed by atoms with van der Waals surface area (Å²) in [5, 5.41) is 2.73. The molecule has 5 saturated carbocycles. The molecule has 5 fully saturated rings. The van der Waals surface area contributed by atoms with Gasteiger partial charge in [0, 0.05) is 11.5 Å². The summed E-state index contributed by atoms with van der Waals surface area (Å²) in [7, 11) is 0. The van der Waals surface area contributed by atoms with Gasteiger partial charge in [0.1, 0.15) is 23.2 Å². The lowest BCUT2D eigenvalue weighted by atomic mass is 9.50. The Labute approximate surface area is 214 Å². The lowest BCUT2D eigenvalue weighted by Crippen LogP contribution is -2.48. The van der Waals surface area contributed by atoms with Gasteiger partial charge in [-0.05, 0) is 113 Å². The van der Waals surface area contributed by atoms with E-state index >= 15 is 4.39 Å². The molecule has 0 radical (unpaired) electrons. The maximum Gasteiger partial charge on any atom is 0.329 e. The van der Waals surface area contributed by atoms with Crippen molar-refractivity contribution < 1.29 is 23.5 Å². The molecule has 1 aromatic carbocycles. The highest BCUT2D eigenvalue weighted by molar-refractivity contribution is 5.97. The van der Waals surface area contributed by atoms with Crippen molar-refractivity contribution in [1.82, 2.24) is 5.32 Å². The molecule has 0 aliphatic heterocycles. The third-order valence-electron chi connectivity index (χ3n) is 8.67. The van der Waals surface area contributed by atoms with Crippen LogP contribution in [0.3, 0.4) is 0 Å². The van der Waals surface area contributed by atoms with Crippen LogP contribution >= 0.6 is 0 Å². The molecule has 1 atom stereocenters. The van der Waals surface area contributed by atoms with Crippen molar-refractivity contribution in [3.05, 3.63) is 29.1 Å². The molecular weight excluding hydrogens is 457 g/mol. The number of nitrogens with one attached hydrogen (secondary N) is 1. The maximum atomic E-state index is 15.3. The first-order chi connectivity index (χ1) is 16.9. The van der Waals surface area contributed by atoms with Crippen LogP contribution in [-0.4, -0.2) is 30.1 Å². The Hall–Kier alpha value is -2.11. The molecule has 6 rings (SSSR count). The van der Waals surface area contributed by atoms with E-state index in [0.717, 1.165) is 36.2 Å². The summed E-state index contributed by atoms with van der Waals surface area (Å²) >= 11 is 0. The second-order valence-electron chi connectivity index (χ2n) is 13.6. The van der Waals surface area contributed by atoms with Crippen LogP contribution in [0.2, 0.25) is 0 Å². The molecule has 6 heteroatoms. The molecule has 4 bridgehead atoms. The monoisotopic (exact) mass is 499 g/mol. The Morgan fingerprint density at radius 3 is 2.14 bits per heavy atom. The standard InChI is InChI=1S/C30H42FNO4/c1-17(2)26(28(34)36-29(3,4)5)32-27(33)23-11-22(21-6-7-21)25(12-24(23)31)35-16-30-13-18-8-19(14-30)10-20(9-18)15-30/h11-12,17-21,26H,6-10,13-16H2,1-5H3,(H,32,33)/t18?,19?,20?,26-,30?/m0/s1. The number of hydrogen-bond donors (Lipinski definition) is 1. The number of esters is 1. The third kappa shape index (κ3) is 5.43. The largest absolute Gasteiger partial charge is 0.493 e. The number of halogens is 1. The molecule has 5 aliphatic rings. The highest BCUT2D eigenvalue weighted by Crippen LogP contribution is 2.60. The van der Waals surface area contributed by atoms with Gasteiger partial charge in [-0.15, -0.1) is 0 Å². The van der Waals surface area contributed by atoms with Crippen LogP contribution in [0.5, 0.6) is 5.75 Å². The molecule has 0 aromatic heterocycles. The summed E-state index contributed by atoms with van der Waals surface area (Å²) < 4.78 is 27.2. The summed E-state index contributed by atoms with van der Waals surface area (Å²) in [6.07, 6.45) is 9.90. The minimum Gasteiger partial charge on any atom is -0.493 e. The van der Waals surface area contributed by atoms with Gasteiger partial charge in [0.2, 0.25) is 0 Å². The summed E-state index contributed by atoms with van der Waals surface area (Å²) in [5.41, 5.74) is 0.451. The van der Waals surface area contributed by atoms with Gasteiger partial charge in [-0.1, -0.05) is 13.8 Å². The van der Waals surface area contributed by atoms with Crippen LogP contribution in [0, 0.1) is 34.9 Å². The van der Waals surface area contributed by atoms with Gasteiger partial charge in [0.15, 0.2) is 0 Å². The van der Waals surface area contributed by atoms with E-state index < -0.39 is 29.3 Å². The van der Waals surface area contributed by atoms with Crippen molar-refractivity contribution in [3.63, 3.8) is 0 Å². The number of carbonyl (C=O) groups excluding carboxylic acids is 2. The Bertz CT molecular complexity index is 987. The van der Waals surface area contributed by atoms with Crippen molar-refractivity contribution in [2.24, 2.45) is 29.1 Å². The molecule has 1 N–H and O–H groups in total. The zero-order valence-electron chi connectivity index (χ0n) is 22.5. The van der Waals surface area contributed by atoms with Crippen molar-refractivity contribution in [2.75, 3.05) is 6.61 Å². The number of benzene rings is 1. The van der Waals surface area contributed by atoms with Crippen LogP contribution in [0.4, 0.5) is 4.39 Å². The molecule has 1 amide bonds. The van der Waals surface area contributed by atoms with Crippen molar-refractivity contribution in [1.29, 1.82) is 0 Å². The number of carbonyl (C=O) groups is 2. The van der Waals surface area contributed by atoms with Crippen LogP contribution < -0.4 is 10.1 Å². The first-order valence-electron chi connectivity index (χ1n) is 13.9. The summed E-state index contributed by atoms with van der Waals surface area (Å²) in [6.45, 7) is 9.68. The number of hydrogen-bond acceptors (Lipinski definition) is 4. The number of rotatable bonds is 8.